The van der Waals surface area contributed by atoms with Crippen molar-refractivity contribution >= 4 is 15.7 Å². The largest absolute Gasteiger partial charge is 0.380 e. The van der Waals surface area contributed by atoms with Crippen molar-refractivity contribution in [1.29, 1.82) is 0 Å². The minimum absolute atomic E-state index is 0.00191. The van der Waals surface area contributed by atoms with Gasteiger partial charge in [-0.25, -0.2) is 17.8 Å². The maximum absolute atomic E-state index is 13.5. The average Bonchev–Trinajstić information content (AvgIpc) is 3.36. The normalized spacial score (nSPS) is 19.9. The number of aromatic nitrogens is 2. The van der Waals surface area contributed by atoms with Crippen molar-refractivity contribution < 1.29 is 12.8 Å². The van der Waals surface area contributed by atoms with Crippen LogP contribution in [0, 0.1) is 5.82 Å². The highest BCUT2D eigenvalue weighted by molar-refractivity contribution is 7.89. The Balaban J connectivity index is 1.66. The molecule has 0 aliphatic carbocycles. The quantitative estimate of drug-likeness (QED) is 0.627. The van der Waals surface area contributed by atoms with Gasteiger partial charge in [-0.1, -0.05) is 45.0 Å². The summed E-state index contributed by atoms with van der Waals surface area (Å²) < 4.78 is 43.1. The number of nitrogens with zero attached hydrogens (tertiary/aromatic N) is 3. The monoisotopic (exact) mass is 456 g/mol. The summed E-state index contributed by atoms with van der Waals surface area (Å²) in [5.74, 6) is -0.445. The van der Waals surface area contributed by atoms with E-state index in [4.69, 9.17) is 0 Å². The number of hydrogen-bond donors (Lipinski definition) is 1. The summed E-state index contributed by atoms with van der Waals surface area (Å²) in [6, 6.07) is 14.3. The molecule has 1 aromatic heterocycles. The second kappa shape index (κ2) is 8.33. The van der Waals surface area contributed by atoms with Crippen LogP contribution in [-0.2, 0) is 22.5 Å². The fraction of sp³-hybridized carbons (Fsp3) is 0.375. The van der Waals surface area contributed by atoms with Crippen molar-refractivity contribution in [2.75, 3.05) is 18.4 Å². The van der Waals surface area contributed by atoms with Crippen LogP contribution in [0.15, 0.2) is 66.1 Å². The van der Waals surface area contributed by atoms with Gasteiger partial charge in [-0.3, -0.25) is 0 Å². The van der Waals surface area contributed by atoms with Crippen LogP contribution in [0.25, 0.3) is 0 Å². The van der Waals surface area contributed by atoms with E-state index < -0.39 is 10.0 Å². The molecule has 1 N–H and O–H groups in total. The Hall–Kier alpha value is -2.71. The van der Waals surface area contributed by atoms with Crippen molar-refractivity contribution in [2.24, 2.45) is 7.05 Å². The first-order valence-electron chi connectivity index (χ1n) is 10.6. The van der Waals surface area contributed by atoms with E-state index in [2.05, 4.69) is 43.2 Å². The lowest BCUT2D eigenvalue weighted by Crippen LogP contribution is -2.32. The third-order valence-electron chi connectivity index (χ3n) is 5.95. The minimum Gasteiger partial charge on any atom is -0.380 e. The number of benzene rings is 2. The topological polar surface area (TPSA) is 67.2 Å². The Bertz CT molecular complexity index is 1200. The summed E-state index contributed by atoms with van der Waals surface area (Å²) in [6.45, 7) is 7.06. The molecule has 32 heavy (non-hydrogen) atoms. The molecular weight excluding hydrogens is 427 g/mol. The molecule has 2 heterocycles. The Labute approximate surface area is 189 Å². The van der Waals surface area contributed by atoms with Gasteiger partial charge in [0.05, 0.1) is 6.33 Å². The summed E-state index contributed by atoms with van der Waals surface area (Å²) in [5.41, 5.74) is 3.02. The van der Waals surface area contributed by atoms with Gasteiger partial charge in [0.15, 0.2) is 5.03 Å². The zero-order valence-corrected chi connectivity index (χ0v) is 19.6. The molecule has 0 unspecified atom stereocenters. The maximum Gasteiger partial charge on any atom is 0.262 e. The Morgan fingerprint density at radius 2 is 1.81 bits per heavy atom. The number of nitrogens with one attached hydrogen (secondary N) is 1. The van der Waals surface area contributed by atoms with E-state index in [1.807, 2.05) is 12.1 Å². The van der Waals surface area contributed by atoms with Gasteiger partial charge in [0.2, 0.25) is 0 Å². The van der Waals surface area contributed by atoms with Gasteiger partial charge in [0, 0.05) is 44.0 Å². The number of halogens is 1. The van der Waals surface area contributed by atoms with Crippen LogP contribution in [0.4, 0.5) is 10.1 Å². The number of hydrogen-bond acceptors (Lipinski definition) is 4. The van der Waals surface area contributed by atoms with Crippen LogP contribution >= 0.6 is 0 Å². The van der Waals surface area contributed by atoms with Gasteiger partial charge in [-0.05, 0) is 40.8 Å². The van der Waals surface area contributed by atoms with Crippen molar-refractivity contribution in [3.8, 4) is 0 Å². The predicted octanol–water partition coefficient (Wildman–Crippen LogP) is 4.13. The van der Waals surface area contributed by atoms with Crippen LogP contribution in [0.5, 0.6) is 0 Å². The molecule has 4 rings (SSSR count). The maximum atomic E-state index is 13.5. The van der Waals surface area contributed by atoms with E-state index in [1.165, 1.54) is 34.5 Å². The molecule has 3 aromatic rings. The van der Waals surface area contributed by atoms with Crippen LogP contribution in [-0.4, -0.2) is 41.4 Å². The highest BCUT2D eigenvalue weighted by Gasteiger charge is 2.41. The molecular formula is C24H29FN4O2S. The molecule has 0 radical (unpaired) electrons. The minimum atomic E-state index is -3.74. The third kappa shape index (κ3) is 4.56. The van der Waals surface area contributed by atoms with Crippen LogP contribution in [0.3, 0.4) is 0 Å². The van der Waals surface area contributed by atoms with Crippen LogP contribution < -0.4 is 5.32 Å². The molecule has 1 saturated heterocycles. The summed E-state index contributed by atoms with van der Waals surface area (Å²) in [7, 11) is -2.00. The van der Waals surface area contributed by atoms with E-state index in [1.54, 1.807) is 23.7 Å². The summed E-state index contributed by atoms with van der Waals surface area (Å²) in [4.78, 5) is 4.05. The second-order valence-corrected chi connectivity index (χ2v) is 11.3. The molecule has 0 spiro atoms. The molecule has 0 saturated carbocycles. The van der Waals surface area contributed by atoms with Gasteiger partial charge in [0.25, 0.3) is 10.0 Å². The first-order valence-corrected chi connectivity index (χ1v) is 12.1. The lowest BCUT2D eigenvalue weighted by atomic mass is 9.87. The van der Waals surface area contributed by atoms with Crippen molar-refractivity contribution in [1.82, 2.24) is 13.9 Å². The van der Waals surface area contributed by atoms with Gasteiger partial charge in [0.1, 0.15) is 5.82 Å². The summed E-state index contributed by atoms with van der Waals surface area (Å²) in [6.07, 6.45) is 2.99. The molecule has 2 atom stereocenters. The first kappa shape index (κ1) is 22.5. The lowest BCUT2D eigenvalue weighted by molar-refractivity contribution is 0.468. The predicted molar refractivity (Wildman–Crippen MR) is 124 cm³/mol. The first-order chi connectivity index (χ1) is 15.0. The van der Waals surface area contributed by atoms with Gasteiger partial charge >= 0.3 is 0 Å². The molecule has 1 aliphatic heterocycles. The van der Waals surface area contributed by atoms with Crippen molar-refractivity contribution in [2.45, 2.75) is 43.2 Å². The van der Waals surface area contributed by atoms with E-state index in [-0.39, 0.29) is 28.2 Å². The van der Waals surface area contributed by atoms with Gasteiger partial charge in [-0.2, -0.15) is 4.31 Å². The second-order valence-electron chi connectivity index (χ2n) is 9.44. The molecule has 1 aliphatic rings. The Kier molecular flexibility index (Phi) is 5.85. The van der Waals surface area contributed by atoms with E-state index >= 15 is 0 Å². The fourth-order valence-corrected chi connectivity index (χ4v) is 5.56. The number of sulfonamides is 1. The fourth-order valence-electron chi connectivity index (χ4n) is 4.10. The molecule has 0 amide bonds. The number of rotatable bonds is 5. The number of aryl methyl sites for hydroxylation is 1. The number of anilines is 1. The average molecular weight is 457 g/mol. The van der Waals surface area contributed by atoms with E-state index in [0.717, 1.165) is 11.3 Å². The molecule has 6 nitrogen and oxygen atoms in total. The van der Waals surface area contributed by atoms with Gasteiger partial charge in [-0.15, -0.1) is 0 Å². The Morgan fingerprint density at radius 3 is 2.44 bits per heavy atom. The standard InChI is InChI=1S/C24H29FN4O2S/c1-24(2,3)18-6-5-7-20(12-18)27-22-14-29(32(30,31)23-15-28(4)16-26-23)13-21(22)17-8-10-19(25)11-9-17/h5-12,15-16,21-22,27H,13-14H2,1-4H3/t21-,22+/m1/s1. The van der Waals surface area contributed by atoms with Crippen LogP contribution in [0.1, 0.15) is 37.8 Å². The molecule has 2 aromatic carbocycles. The lowest BCUT2D eigenvalue weighted by Gasteiger charge is -2.24. The van der Waals surface area contributed by atoms with E-state index in [9.17, 15) is 12.8 Å². The third-order valence-corrected chi connectivity index (χ3v) is 7.67. The molecule has 8 heteroatoms. The zero-order valence-electron chi connectivity index (χ0n) is 18.8. The van der Waals surface area contributed by atoms with E-state index in [0.29, 0.717) is 13.1 Å². The smallest absolute Gasteiger partial charge is 0.262 e. The van der Waals surface area contributed by atoms with Crippen molar-refractivity contribution in [3.63, 3.8) is 0 Å². The van der Waals surface area contributed by atoms with Gasteiger partial charge < -0.3 is 9.88 Å². The summed E-state index contributed by atoms with van der Waals surface area (Å²) >= 11 is 0. The molecule has 170 valence electrons. The summed E-state index contributed by atoms with van der Waals surface area (Å²) in [5, 5.41) is 3.59. The highest BCUT2D eigenvalue weighted by atomic mass is 32.2. The molecule has 1 fully saturated rings. The zero-order chi connectivity index (χ0) is 23.1. The Morgan fingerprint density at radius 1 is 1.09 bits per heavy atom. The number of imidazole rings is 1. The SMILES string of the molecule is Cn1cnc(S(=O)(=O)N2C[C@H](Nc3cccc(C(C)(C)C)c3)[C@@H](c3ccc(F)cc3)C2)c1. The van der Waals surface area contributed by atoms with Crippen LogP contribution in [0.2, 0.25) is 0 Å². The highest BCUT2D eigenvalue weighted by Crippen LogP contribution is 2.34. The van der Waals surface area contributed by atoms with Crippen molar-refractivity contribution in [3.05, 3.63) is 78.0 Å². The molecule has 0 bridgehead atoms.